The van der Waals surface area contributed by atoms with E-state index in [4.69, 9.17) is 5.73 Å². The van der Waals surface area contributed by atoms with E-state index in [0.717, 1.165) is 0 Å². The fourth-order valence-electron chi connectivity index (χ4n) is 3.86. The van der Waals surface area contributed by atoms with Gasteiger partial charge in [0.15, 0.2) is 0 Å². The summed E-state index contributed by atoms with van der Waals surface area (Å²) in [7, 11) is 0. The number of amides is 1. The molecule has 5 N–H and O–H groups in total. The quantitative estimate of drug-likeness (QED) is 0.619. The average molecular weight is 356 g/mol. The van der Waals surface area contributed by atoms with Crippen molar-refractivity contribution in [3.8, 4) is 0 Å². The number of nitrogens with zero attached hydrogens (tertiary/aromatic N) is 3. The van der Waals surface area contributed by atoms with E-state index in [0.29, 0.717) is 48.4 Å². The van der Waals surface area contributed by atoms with Crippen molar-refractivity contribution in [2.24, 2.45) is 0 Å². The fourth-order valence-corrected chi connectivity index (χ4v) is 3.86. The van der Waals surface area contributed by atoms with Crippen LogP contribution in [0.5, 0.6) is 0 Å². The van der Waals surface area contributed by atoms with Gasteiger partial charge in [-0.15, -0.1) is 0 Å². The van der Waals surface area contributed by atoms with Crippen molar-refractivity contribution in [3.05, 3.63) is 40.1 Å². The van der Waals surface area contributed by atoms with Gasteiger partial charge in [0.1, 0.15) is 35.0 Å². The molecule has 1 aliphatic carbocycles. The molecule has 0 atom stereocenters. The van der Waals surface area contributed by atoms with Crippen LogP contribution in [-0.4, -0.2) is 31.7 Å². The normalized spacial score (nSPS) is 24.4. The minimum absolute atomic E-state index is 0.256. The Bertz CT molecular complexity index is 946. The van der Waals surface area contributed by atoms with E-state index in [1.54, 1.807) is 17.6 Å². The molecule has 0 aromatic carbocycles. The standard InChI is InChI=1S/C17H20N6O3/c1-9-6-11(21-13-7-12(18)19-8-20-13)16(26)23-14(9)15(25)22-17(23)4-2-10(24)3-5-17/h6-8,10,24H,2-5H2,1H3,(H,22,25)(H3,18,19,20,21). The zero-order valence-electron chi connectivity index (χ0n) is 14.3. The van der Waals surface area contributed by atoms with E-state index < -0.39 is 11.8 Å². The van der Waals surface area contributed by atoms with Crippen LogP contribution in [0.1, 0.15) is 41.7 Å². The maximum atomic E-state index is 13.2. The molecular formula is C17H20N6O3. The second-order valence-electron chi connectivity index (χ2n) is 6.90. The Morgan fingerprint density at radius 1 is 1.31 bits per heavy atom. The van der Waals surface area contributed by atoms with Crippen molar-refractivity contribution in [2.45, 2.75) is 44.4 Å². The number of nitrogens with two attached hydrogens (primary N) is 1. The lowest BCUT2D eigenvalue weighted by Crippen LogP contribution is -2.50. The minimum Gasteiger partial charge on any atom is -0.393 e. The third-order valence-corrected chi connectivity index (χ3v) is 5.11. The van der Waals surface area contributed by atoms with Gasteiger partial charge in [-0.25, -0.2) is 9.97 Å². The molecule has 26 heavy (non-hydrogen) atoms. The number of aliphatic hydroxyl groups is 1. The number of carbonyl (C=O) groups excluding carboxylic acids is 1. The SMILES string of the molecule is Cc1cc(Nc2cc(N)ncn2)c(=O)n2c1C(=O)NC21CCC(O)CC1. The summed E-state index contributed by atoms with van der Waals surface area (Å²) in [5.41, 5.74) is 5.95. The highest BCUT2D eigenvalue weighted by atomic mass is 16.3. The number of nitrogen functional groups attached to an aromatic ring is 1. The molecule has 1 fully saturated rings. The zero-order chi connectivity index (χ0) is 18.5. The summed E-state index contributed by atoms with van der Waals surface area (Å²) < 4.78 is 1.55. The average Bonchev–Trinajstić information content (AvgIpc) is 2.88. The molecule has 1 aliphatic heterocycles. The summed E-state index contributed by atoms with van der Waals surface area (Å²) in [6.07, 6.45) is 3.00. The molecule has 4 rings (SSSR count). The number of hydrogen-bond acceptors (Lipinski definition) is 7. The first-order valence-corrected chi connectivity index (χ1v) is 8.52. The molecular weight excluding hydrogens is 336 g/mol. The number of aromatic nitrogens is 3. The first-order valence-electron chi connectivity index (χ1n) is 8.52. The minimum atomic E-state index is -0.782. The predicted octanol–water partition coefficient (Wildman–Crippen LogP) is 0.604. The molecule has 1 saturated carbocycles. The van der Waals surface area contributed by atoms with Gasteiger partial charge in [-0.3, -0.25) is 14.2 Å². The van der Waals surface area contributed by atoms with Gasteiger partial charge in [0.05, 0.1) is 6.10 Å². The van der Waals surface area contributed by atoms with Gasteiger partial charge in [0.2, 0.25) is 0 Å². The summed E-state index contributed by atoms with van der Waals surface area (Å²) in [4.78, 5) is 33.6. The van der Waals surface area contributed by atoms with E-state index in [1.165, 1.54) is 12.4 Å². The Labute approximate surface area is 149 Å². The highest BCUT2D eigenvalue weighted by Crippen LogP contribution is 2.37. The molecule has 0 unspecified atom stereocenters. The topological polar surface area (TPSA) is 135 Å². The monoisotopic (exact) mass is 356 g/mol. The van der Waals surface area contributed by atoms with Gasteiger partial charge < -0.3 is 21.5 Å². The Morgan fingerprint density at radius 2 is 2.04 bits per heavy atom. The number of aryl methyl sites for hydroxylation is 1. The molecule has 2 aromatic heterocycles. The van der Waals surface area contributed by atoms with Crippen LogP contribution in [0.25, 0.3) is 0 Å². The van der Waals surface area contributed by atoms with Gasteiger partial charge in [-0.1, -0.05) is 0 Å². The van der Waals surface area contributed by atoms with Crippen LogP contribution in [0, 0.1) is 6.92 Å². The molecule has 1 spiro atoms. The summed E-state index contributed by atoms with van der Waals surface area (Å²) >= 11 is 0. The van der Waals surface area contributed by atoms with E-state index in [1.807, 2.05) is 0 Å². The predicted molar refractivity (Wildman–Crippen MR) is 95.1 cm³/mol. The number of pyridine rings is 1. The van der Waals surface area contributed by atoms with Crippen LogP contribution >= 0.6 is 0 Å². The number of hydrogen-bond donors (Lipinski definition) is 4. The molecule has 0 bridgehead atoms. The summed E-state index contributed by atoms with van der Waals surface area (Å²) in [6.45, 7) is 1.79. The maximum Gasteiger partial charge on any atom is 0.276 e. The first-order chi connectivity index (χ1) is 12.4. The molecule has 9 nitrogen and oxygen atoms in total. The van der Waals surface area contributed by atoms with E-state index in [-0.39, 0.29) is 17.3 Å². The zero-order valence-corrected chi connectivity index (χ0v) is 14.3. The van der Waals surface area contributed by atoms with Crippen LogP contribution in [0.2, 0.25) is 0 Å². The number of fused-ring (bicyclic) bond motifs is 2. The van der Waals surface area contributed by atoms with Crippen molar-refractivity contribution >= 4 is 23.2 Å². The van der Waals surface area contributed by atoms with Gasteiger partial charge in [-0.05, 0) is 44.2 Å². The van der Waals surface area contributed by atoms with E-state index >= 15 is 0 Å². The van der Waals surface area contributed by atoms with Crippen molar-refractivity contribution in [3.63, 3.8) is 0 Å². The molecule has 9 heteroatoms. The second-order valence-corrected chi connectivity index (χ2v) is 6.90. The molecule has 3 heterocycles. The lowest BCUT2D eigenvalue weighted by atomic mass is 9.87. The molecule has 2 aromatic rings. The summed E-state index contributed by atoms with van der Waals surface area (Å²) in [5.74, 6) is 0.434. The first kappa shape index (κ1) is 16.5. The second kappa shape index (κ2) is 5.80. The molecule has 2 aliphatic rings. The Morgan fingerprint density at radius 3 is 2.73 bits per heavy atom. The van der Waals surface area contributed by atoms with Gasteiger partial charge in [-0.2, -0.15) is 0 Å². The third-order valence-electron chi connectivity index (χ3n) is 5.11. The maximum absolute atomic E-state index is 13.2. The van der Waals surface area contributed by atoms with Crippen LogP contribution in [-0.2, 0) is 5.66 Å². The van der Waals surface area contributed by atoms with Gasteiger partial charge in [0.25, 0.3) is 11.5 Å². The smallest absolute Gasteiger partial charge is 0.276 e. The van der Waals surface area contributed by atoms with Crippen molar-refractivity contribution in [1.82, 2.24) is 19.9 Å². The largest absolute Gasteiger partial charge is 0.393 e. The van der Waals surface area contributed by atoms with Crippen LogP contribution in [0.3, 0.4) is 0 Å². The summed E-state index contributed by atoms with van der Waals surface area (Å²) in [5, 5.41) is 15.8. The Kier molecular flexibility index (Phi) is 3.69. The van der Waals surface area contributed by atoms with Crippen LogP contribution in [0.15, 0.2) is 23.3 Å². The summed E-state index contributed by atoms with van der Waals surface area (Å²) in [6, 6.07) is 3.17. The third kappa shape index (κ3) is 2.51. The number of nitrogens with one attached hydrogen (secondary N) is 2. The Hall–Kier alpha value is -2.94. The fraction of sp³-hybridized carbons (Fsp3) is 0.412. The molecule has 0 radical (unpaired) electrons. The highest BCUT2D eigenvalue weighted by Gasteiger charge is 2.46. The van der Waals surface area contributed by atoms with E-state index in [9.17, 15) is 14.7 Å². The number of aliphatic hydroxyl groups excluding tert-OH is 1. The van der Waals surface area contributed by atoms with Crippen LogP contribution < -0.4 is 21.9 Å². The van der Waals surface area contributed by atoms with Gasteiger partial charge >= 0.3 is 0 Å². The lowest BCUT2D eigenvalue weighted by molar-refractivity contribution is 0.0531. The number of carbonyl (C=O) groups is 1. The number of anilines is 3. The molecule has 136 valence electrons. The van der Waals surface area contributed by atoms with Gasteiger partial charge in [0, 0.05) is 6.07 Å². The van der Waals surface area contributed by atoms with Crippen molar-refractivity contribution in [1.29, 1.82) is 0 Å². The lowest BCUT2D eigenvalue weighted by Gasteiger charge is -2.37. The number of rotatable bonds is 2. The Balaban J connectivity index is 1.82. The van der Waals surface area contributed by atoms with Crippen molar-refractivity contribution < 1.29 is 9.90 Å². The highest BCUT2D eigenvalue weighted by molar-refractivity contribution is 5.97. The molecule has 0 saturated heterocycles. The van der Waals surface area contributed by atoms with E-state index in [2.05, 4.69) is 20.6 Å². The molecule has 1 amide bonds. The van der Waals surface area contributed by atoms with Crippen molar-refractivity contribution in [2.75, 3.05) is 11.1 Å². The van der Waals surface area contributed by atoms with Crippen LogP contribution in [0.4, 0.5) is 17.3 Å².